The standard InChI is InChI=1S/C12H16N2O3/c1-2-17-12(16)9-8-14-7-5-3-4-6-10(14)13-11(9)15/h8H,2-7H2,1H3. The van der Waals surface area contributed by atoms with Crippen LogP contribution in [0.15, 0.2) is 11.0 Å². The molecule has 0 saturated carbocycles. The lowest BCUT2D eigenvalue weighted by Crippen LogP contribution is -2.25. The van der Waals surface area contributed by atoms with Crippen LogP contribution in [0, 0.1) is 0 Å². The van der Waals surface area contributed by atoms with Gasteiger partial charge in [0.05, 0.1) is 6.61 Å². The fourth-order valence-electron chi connectivity index (χ4n) is 2.01. The molecule has 92 valence electrons. The molecule has 0 spiro atoms. The lowest BCUT2D eigenvalue weighted by atomic mass is 10.2. The predicted octanol–water partition coefficient (Wildman–Crippen LogP) is 1.15. The monoisotopic (exact) mass is 236 g/mol. The summed E-state index contributed by atoms with van der Waals surface area (Å²) < 4.78 is 6.74. The van der Waals surface area contributed by atoms with Crippen LogP contribution in [0.4, 0.5) is 0 Å². The van der Waals surface area contributed by atoms with Gasteiger partial charge in [0.1, 0.15) is 11.4 Å². The lowest BCUT2D eigenvalue weighted by Gasteiger charge is -2.10. The molecular formula is C12H16N2O3. The number of fused-ring (bicyclic) bond motifs is 1. The Bertz CT molecular complexity index is 479. The molecular weight excluding hydrogens is 220 g/mol. The van der Waals surface area contributed by atoms with Crippen molar-refractivity contribution in [3.63, 3.8) is 0 Å². The first-order chi connectivity index (χ1) is 8.22. The summed E-state index contributed by atoms with van der Waals surface area (Å²) in [4.78, 5) is 27.2. The van der Waals surface area contributed by atoms with Crippen LogP contribution in [-0.4, -0.2) is 22.1 Å². The van der Waals surface area contributed by atoms with E-state index in [1.54, 1.807) is 13.1 Å². The van der Waals surface area contributed by atoms with E-state index in [0.29, 0.717) is 0 Å². The van der Waals surface area contributed by atoms with Crippen molar-refractivity contribution >= 4 is 5.97 Å². The Morgan fingerprint density at radius 2 is 2.29 bits per heavy atom. The molecule has 0 fully saturated rings. The van der Waals surface area contributed by atoms with Crippen LogP contribution in [0.2, 0.25) is 0 Å². The SMILES string of the molecule is CCOC(=O)c1cn2c(nc1=O)CCCCC2. The minimum absolute atomic E-state index is 0.0394. The highest BCUT2D eigenvalue weighted by atomic mass is 16.5. The highest BCUT2D eigenvalue weighted by Gasteiger charge is 2.16. The summed E-state index contributed by atoms with van der Waals surface area (Å²) in [5.74, 6) is 0.199. The molecule has 0 amide bonds. The minimum Gasteiger partial charge on any atom is -0.462 e. The number of aromatic nitrogens is 2. The van der Waals surface area contributed by atoms with Crippen LogP contribution < -0.4 is 5.56 Å². The number of carbonyl (C=O) groups is 1. The number of ether oxygens (including phenoxy) is 1. The largest absolute Gasteiger partial charge is 0.462 e. The highest BCUT2D eigenvalue weighted by Crippen LogP contribution is 2.12. The molecule has 5 nitrogen and oxygen atoms in total. The molecule has 0 unspecified atom stereocenters. The van der Waals surface area contributed by atoms with Crippen molar-refractivity contribution in [2.45, 2.75) is 39.2 Å². The summed E-state index contributed by atoms with van der Waals surface area (Å²) in [7, 11) is 0. The topological polar surface area (TPSA) is 61.2 Å². The van der Waals surface area contributed by atoms with Crippen molar-refractivity contribution in [3.05, 3.63) is 27.9 Å². The van der Waals surface area contributed by atoms with E-state index in [9.17, 15) is 9.59 Å². The molecule has 0 saturated heterocycles. The zero-order valence-electron chi connectivity index (χ0n) is 9.94. The Hall–Kier alpha value is -1.65. The van der Waals surface area contributed by atoms with Crippen molar-refractivity contribution < 1.29 is 9.53 Å². The van der Waals surface area contributed by atoms with E-state index >= 15 is 0 Å². The Morgan fingerprint density at radius 1 is 1.47 bits per heavy atom. The molecule has 0 radical (unpaired) electrons. The fourth-order valence-corrected chi connectivity index (χ4v) is 2.01. The highest BCUT2D eigenvalue weighted by molar-refractivity contribution is 5.88. The molecule has 1 aliphatic rings. The molecule has 2 rings (SSSR count). The summed E-state index contributed by atoms with van der Waals surface area (Å²) in [5.41, 5.74) is -0.436. The minimum atomic E-state index is -0.579. The van der Waals surface area contributed by atoms with Crippen molar-refractivity contribution in [2.24, 2.45) is 0 Å². The van der Waals surface area contributed by atoms with Crippen LogP contribution in [0.25, 0.3) is 0 Å². The predicted molar refractivity (Wildman–Crippen MR) is 62.0 cm³/mol. The third kappa shape index (κ3) is 2.54. The van der Waals surface area contributed by atoms with Gasteiger partial charge in [-0.25, -0.2) is 4.79 Å². The second-order valence-corrected chi connectivity index (χ2v) is 4.10. The maximum absolute atomic E-state index is 11.7. The third-order valence-electron chi connectivity index (χ3n) is 2.87. The normalized spacial score (nSPS) is 14.9. The average molecular weight is 236 g/mol. The summed E-state index contributed by atoms with van der Waals surface area (Å²) in [6.07, 6.45) is 5.63. The summed E-state index contributed by atoms with van der Waals surface area (Å²) in [6.45, 7) is 2.79. The van der Waals surface area contributed by atoms with Crippen LogP contribution in [0.1, 0.15) is 42.4 Å². The molecule has 0 atom stereocenters. The Labute approximate surface area is 99.4 Å². The van der Waals surface area contributed by atoms with Gasteiger partial charge < -0.3 is 9.30 Å². The van der Waals surface area contributed by atoms with E-state index in [1.807, 2.05) is 4.57 Å². The van der Waals surface area contributed by atoms with Crippen LogP contribution in [-0.2, 0) is 17.7 Å². The van der Waals surface area contributed by atoms with Gasteiger partial charge in [-0.3, -0.25) is 4.79 Å². The quantitative estimate of drug-likeness (QED) is 0.722. The number of nitrogens with zero attached hydrogens (tertiary/aromatic N) is 2. The van der Waals surface area contributed by atoms with Gasteiger partial charge >= 0.3 is 5.97 Å². The summed E-state index contributed by atoms with van der Waals surface area (Å²) in [6, 6.07) is 0. The summed E-state index contributed by atoms with van der Waals surface area (Å²) >= 11 is 0. The first kappa shape index (κ1) is 11.8. The molecule has 0 N–H and O–H groups in total. The van der Waals surface area contributed by atoms with Crippen molar-refractivity contribution in [2.75, 3.05) is 6.61 Å². The molecule has 0 bridgehead atoms. The molecule has 5 heteroatoms. The smallest absolute Gasteiger partial charge is 0.345 e. The maximum atomic E-state index is 11.7. The molecule has 17 heavy (non-hydrogen) atoms. The van der Waals surface area contributed by atoms with Gasteiger partial charge in [-0.2, -0.15) is 4.98 Å². The fraction of sp³-hybridized carbons (Fsp3) is 0.583. The number of rotatable bonds is 2. The zero-order chi connectivity index (χ0) is 12.3. The number of esters is 1. The Kier molecular flexibility index (Phi) is 3.56. The van der Waals surface area contributed by atoms with E-state index in [2.05, 4.69) is 4.98 Å². The number of carbonyl (C=O) groups excluding carboxylic acids is 1. The number of hydrogen-bond donors (Lipinski definition) is 0. The lowest BCUT2D eigenvalue weighted by molar-refractivity contribution is 0.0523. The van der Waals surface area contributed by atoms with Crippen LogP contribution in [0.5, 0.6) is 0 Å². The number of hydrogen-bond acceptors (Lipinski definition) is 4. The molecule has 1 aromatic heterocycles. The number of aryl methyl sites for hydroxylation is 2. The summed E-state index contributed by atoms with van der Waals surface area (Å²) in [5, 5.41) is 0. The van der Waals surface area contributed by atoms with Gasteiger partial charge in [-0.15, -0.1) is 0 Å². The van der Waals surface area contributed by atoms with E-state index in [1.165, 1.54) is 0 Å². The Morgan fingerprint density at radius 3 is 3.06 bits per heavy atom. The van der Waals surface area contributed by atoms with Crippen LogP contribution in [0.3, 0.4) is 0 Å². The van der Waals surface area contributed by atoms with E-state index in [-0.39, 0.29) is 12.2 Å². The van der Waals surface area contributed by atoms with E-state index < -0.39 is 11.5 Å². The van der Waals surface area contributed by atoms with Gasteiger partial charge in [0.25, 0.3) is 5.56 Å². The van der Waals surface area contributed by atoms with Gasteiger partial charge in [0, 0.05) is 19.2 Å². The molecule has 0 aliphatic carbocycles. The zero-order valence-corrected chi connectivity index (χ0v) is 9.94. The molecule has 1 aliphatic heterocycles. The van der Waals surface area contributed by atoms with Gasteiger partial charge in [0.15, 0.2) is 0 Å². The van der Waals surface area contributed by atoms with Crippen LogP contribution >= 0.6 is 0 Å². The molecule has 0 aromatic carbocycles. The van der Waals surface area contributed by atoms with Gasteiger partial charge in [-0.05, 0) is 19.8 Å². The maximum Gasteiger partial charge on any atom is 0.345 e. The van der Waals surface area contributed by atoms with E-state index in [0.717, 1.165) is 38.1 Å². The van der Waals surface area contributed by atoms with Gasteiger partial charge in [0.2, 0.25) is 0 Å². The third-order valence-corrected chi connectivity index (χ3v) is 2.87. The van der Waals surface area contributed by atoms with Crippen molar-refractivity contribution in [1.82, 2.24) is 9.55 Å². The second kappa shape index (κ2) is 5.12. The second-order valence-electron chi connectivity index (χ2n) is 4.10. The average Bonchev–Trinajstić information content (AvgIpc) is 2.52. The van der Waals surface area contributed by atoms with Gasteiger partial charge in [-0.1, -0.05) is 6.42 Å². The first-order valence-electron chi connectivity index (χ1n) is 6.00. The van der Waals surface area contributed by atoms with Crippen molar-refractivity contribution in [3.8, 4) is 0 Å². The Balaban J connectivity index is 2.39. The first-order valence-corrected chi connectivity index (χ1v) is 6.00. The van der Waals surface area contributed by atoms with Crippen molar-refractivity contribution in [1.29, 1.82) is 0 Å². The molecule has 1 aromatic rings. The van der Waals surface area contributed by atoms with E-state index in [4.69, 9.17) is 4.74 Å². The molecule has 2 heterocycles.